The Morgan fingerprint density at radius 3 is 2.51 bits per heavy atom. The van der Waals surface area contributed by atoms with Gasteiger partial charge in [0.25, 0.3) is 0 Å². The predicted molar refractivity (Wildman–Crippen MR) is 146 cm³/mol. The maximum atomic E-state index is 13.7. The standard InChI is InChI=1S/C29H26Cl2N2O4/c1-16(34)33-22-8-6-9-23(35)27(22)32-21-14-29(2,3)15-24(36)26(21)28(33)18-12-11-17(13-20(18)31)37-25-10-5-4-7-19(25)30/h4-13,28,32,35H,14-15H2,1-3H3. The van der Waals surface area contributed by atoms with E-state index >= 15 is 0 Å². The number of ether oxygens (including phenoxy) is 1. The van der Waals surface area contributed by atoms with Crippen molar-refractivity contribution in [1.29, 1.82) is 0 Å². The normalized spacial score (nSPS) is 18.5. The van der Waals surface area contributed by atoms with Gasteiger partial charge in [0.05, 0.1) is 16.8 Å². The number of nitrogens with one attached hydrogen (secondary N) is 1. The number of carbonyl (C=O) groups is 2. The molecule has 8 heteroatoms. The number of phenolic OH excluding ortho intramolecular Hbond substituents is 1. The Hall–Kier alpha value is -3.48. The van der Waals surface area contributed by atoms with Crippen LogP contribution in [0.25, 0.3) is 0 Å². The van der Waals surface area contributed by atoms with Gasteiger partial charge in [-0.25, -0.2) is 0 Å². The van der Waals surface area contributed by atoms with E-state index in [2.05, 4.69) is 5.32 Å². The number of halogens is 2. The third-order valence-corrected chi connectivity index (χ3v) is 7.32. The summed E-state index contributed by atoms with van der Waals surface area (Å²) in [6.07, 6.45) is 0.888. The van der Waals surface area contributed by atoms with Crippen LogP contribution in [0.5, 0.6) is 17.2 Å². The van der Waals surface area contributed by atoms with E-state index in [0.717, 1.165) is 0 Å². The number of ketones is 1. The van der Waals surface area contributed by atoms with E-state index in [1.165, 1.54) is 11.8 Å². The van der Waals surface area contributed by atoms with Crippen LogP contribution in [0.4, 0.5) is 11.4 Å². The highest BCUT2D eigenvalue weighted by molar-refractivity contribution is 6.32. The molecule has 6 nitrogen and oxygen atoms in total. The Bertz CT molecular complexity index is 1460. The molecule has 1 unspecified atom stereocenters. The van der Waals surface area contributed by atoms with Gasteiger partial charge in [0.2, 0.25) is 5.91 Å². The van der Waals surface area contributed by atoms with Crippen LogP contribution in [-0.2, 0) is 9.59 Å². The van der Waals surface area contributed by atoms with Crippen LogP contribution < -0.4 is 15.0 Å². The second-order valence-electron chi connectivity index (χ2n) is 10.1. The lowest BCUT2D eigenvalue weighted by Gasteiger charge is -2.37. The number of phenols is 1. The fraction of sp³-hybridized carbons (Fsp3) is 0.241. The molecule has 0 bridgehead atoms. The summed E-state index contributed by atoms with van der Waals surface area (Å²) in [7, 11) is 0. The van der Waals surface area contributed by atoms with Gasteiger partial charge >= 0.3 is 0 Å². The average molecular weight is 537 g/mol. The number of rotatable bonds is 3. The van der Waals surface area contributed by atoms with Crippen molar-refractivity contribution < 1.29 is 19.4 Å². The van der Waals surface area contributed by atoms with Gasteiger partial charge in [-0.1, -0.05) is 61.3 Å². The zero-order valence-electron chi connectivity index (χ0n) is 20.6. The van der Waals surface area contributed by atoms with Gasteiger partial charge in [-0.2, -0.15) is 0 Å². The molecule has 3 aromatic rings. The molecule has 0 saturated heterocycles. The van der Waals surface area contributed by atoms with Crippen LogP contribution in [0, 0.1) is 5.41 Å². The molecule has 0 aromatic heterocycles. The number of hydrogen-bond donors (Lipinski definition) is 2. The average Bonchev–Trinajstić information content (AvgIpc) is 2.95. The van der Waals surface area contributed by atoms with Crippen molar-refractivity contribution in [1.82, 2.24) is 0 Å². The van der Waals surface area contributed by atoms with E-state index in [1.807, 2.05) is 26.0 Å². The van der Waals surface area contributed by atoms with E-state index in [1.54, 1.807) is 48.5 Å². The van der Waals surface area contributed by atoms with E-state index in [4.69, 9.17) is 27.9 Å². The number of hydrogen-bond acceptors (Lipinski definition) is 5. The lowest BCUT2D eigenvalue weighted by Crippen LogP contribution is -2.38. The Labute approximate surface area is 225 Å². The summed E-state index contributed by atoms with van der Waals surface area (Å²) in [5.74, 6) is 0.566. The zero-order valence-corrected chi connectivity index (χ0v) is 22.2. The summed E-state index contributed by atoms with van der Waals surface area (Å²) in [5.41, 5.74) is 2.26. The number of Topliss-reactive ketones (excluding diaryl/α,β-unsaturated/α-hetero) is 1. The number of aromatic hydroxyl groups is 1. The molecule has 37 heavy (non-hydrogen) atoms. The highest BCUT2D eigenvalue weighted by atomic mass is 35.5. The van der Waals surface area contributed by atoms with Gasteiger partial charge in [-0.3, -0.25) is 14.5 Å². The van der Waals surface area contributed by atoms with Crippen LogP contribution in [0.3, 0.4) is 0 Å². The van der Waals surface area contributed by atoms with Crippen LogP contribution in [0.2, 0.25) is 10.0 Å². The van der Waals surface area contributed by atoms with E-state index < -0.39 is 6.04 Å². The number of fused-ring (bicyclic) bond motifs is 1. The molecule has 0 saturated carbocycles. The Kier molecular flexibility index (Phi) is 6.42. The maximum absolute atomic E-state index is 13.7. The van der Waals surface area contributed by atoms with Crippen molar-refractivity contribution in [3.8, 4) is 17.2 Å². The lowest BCUT2D eigenvalue weighted by atomic mass is 9.73. The molecule has 1 heterocycles. The molecule has 0 spiro atoms. The monoisotopic (exact) mass is 536 g/mol. The van der Waals surface area contributed by atoms with Gasteiger partial charge in [0, 0.05) is 29.6 Å². The van der Waals surface area contributed by atoms with Crippen molar-refractivity contribution in [2.45, 2.75) is 39.7 Å². The zero-order chi connectivity index (χ0) is 26.5. The van der Waals surface area contributed by atoms with Crippen molar-refractivity contribution in [2.24, 2.45) is 5.41 Å². The van der Waals surface area contributed by atoms with Crippen molar-refractivity contribution >= 4 is 46.3 Å². The minimum Gasteiger partial charge on any atom is -0.506 e. The van der Waals surface area contributed by atoms with Crippen molar-refractivity contribution in [2.75, 3.05) is 10.2 Å². The first-order chi connectivity index (χ1) is 17.6. The molecule has 190 valence electrons. The number of amides is 1. The van der Waals surface area contributed by atoms with E-state index in [-0.39, 0.29) is 22.9 Å². The third-order valence-electron chi connectivity index (χ3n) is 6.68. The highest BCUT2D eigenvalue weighted by Gasteiger charge is 2.43. The Morgan fingerprint density at radius 2 is 1.81 bits per heavy atom. The SMILES string of the molecule is CC(=O)N1c2cccc(O)c2NC2=C(C(=O)CC(C)(C)C2)C1c1ccc(Oc2ccccc2Cl)cc1Cl. The summed E-state index contributed by atoms with van der Waals surface area (Å²) < 4.78 is 5.94. The van der Waals surface area contributed by atoms with Gasteiger partial charge in [-0.05, 0) is 53.8 Å². The minimum atomic E-state index is -0.798. The molecule has 0 radical (unpaired) electrons. The second-order valence-corrected chi connectivity index (χ2v) is 11.0. The topological polar surface area (TPSA) is 78.9 Å². The molecule has 5 rings (SSSR count). The molecule has 0 fully saturated rings. The number of carbonyl (C=O) groups excluding carboxylic acids is 2. The van der Waals surface area contributed by atoms with Crippen molar-refractivity contribution in [3.05, 3.63) is 87.5 Å². The predicted octanol–water partition coefficient (Wildman–Crippen LogP) is 7.65. The fourth-order valence-electron chi connectivity index (χ4n) is 5.13. The molecular formula is C29H26Cl2N2O4. The third kappa shape index (κ3) is 4.67. The first kappa shape index (κ1) is 25.2. The lowest BCUT2D eigenvalue weighted by molar-refractivity contribution is -0.118. The Balaban J connectivity index is 1.69. The molecule has 3 aromatic carbocycles. The Morgan fingerprint density at radius 1 is 1.05 bits per heavy atom. The quantitative estimate of drug-likeness (QED) is 0.336. The van der Waals surface area contributed by atoms with Gasteiger partial charge in [0.15, 0.2) is 5.78 Å². The maximum Gasteiger partial charge on any atom is 0.224 e. The van der Waals surface area contributed by atoms with Crippen LogP contribution in [-0.4, -0.2) is 16.8 Å². The summed E-state index contributed by atoms with van der Waals surface area (Å²) in [5, 5.41) is 14.8. The highest BCUT2D eigenvalue weighted by Crippen LogP contribution is 2.51. The first-order valence-corrected chi connectivity index (χ1v) is 12.7. The molecule has 2 N–H and O–H groups in total. The van der Waals surface area contributed by atoms with Crippen LogP contribution in [0.15, 0.2) is 71.9 Å². The largest absolute Gasteiger partial charge is 0.506 e. The van der Waals surface area contributed by atoms with Gasteiger partial charge < -0.3 is 15.2 Å². The van der Waals surface area contributed by atoms with E-state index in [0.29, 0.717) is 62.6 Å². The molecular weight excluding hydrogens is 511 g/mol. The number of para-hydroxylation sites is 2. The van der Waals surface area contributed by atoms with Gasteiger partial charge in [0.1, 0.15) is 22.9 Å². The minimum absolute atomic E-state index is 0.0123. The molecule has 2 aliphatic rings. The number of allylic oxidation sites excluding steroid dienone is 1. The molecule has 1 aliphatic carbocycles. The first-order valence-electron chi connectivity index (χ1n) is 11.9. The van der Waals surface area contributed by atoms with Gasteiger partial charge in [-0.15, -0.1) is 0 Å². The number of nitrogens with zero attached hydrogens (tertiary/aromatic N) is 1. The van der Waals surface area contributed by atoms with Crippen LogP contribution in [0.1, 0.15) is 45.2 Å². The summed E-state index contributed by atoms with van der Waals surface area (Å²) in [6.45, 7) is 5.49. The summed E-state index contributed by atoms with van der Waals surface area (Å²) >= 11 is 13.1. The molecule has 1 amide bonds. The van der Waals surface area contributed by atoms with Crippen LogP contribution >= 0.6 is 23.2 Å². The fourth-order valence-corrected chi connectivity index (χ4v) is 5.58. The summed E-state index contributed by atoms with van der Waals surface area (Å²) in [6, 6.07) is 16.4. The van der Waals surface area contributed by atoms with Crippen molar-refractivity contribution in [3.63, 3.8) is 0 Å². The number of anilines is 2. The molecule has 1 aliphatic heterocycles. The van der Waals surface area contributed by atoms with E-state index in [9.17, 15) is 14.7 Å². The summed E-state index contributed by atoms with van der Waals surface area (Å²) in [4.78, 5) is 28.4. The number of benzene rings is 3. The second kappa shape index (κ2) is 9.43. The molecule has 1 atom stereocenters. The smallest absolute Gasteiger partial charge is 0.224 e.